The van der Waals surface area contributed by atoms with E-state index in [9.17, 15) is 14.0 Å². The Morgan fingerprint density at radius 3 is 2.47 bits per heavy atom. The number of carbonyl (C=O) groups excluding carboxylic acids is 1. The molecule has 0 bridgehead atoms. The third-order valence-corrected chi connectivity index (χ3v) is 7.23. The van der Waals surface area contributed by atoms with Gasteiger partial charge in [0.2, 0.25) is 0 Å². The number of nitrogens with zero attached hydrogens (tertiary/aromatic N) is 3. The summed E-state index contributed by atoms with van der Waals surface area (Å²) < 4.78 is 32.3. The molecule has 0 aliphatic carbocycles. The molecule has 0 saturated heterocycles. The molecule has 9 nitrogen and oxygen atoms in total. The molecule has 0 aliphatic heterocycles. The summed E-state index contributed by atoms with van der Waals surface area (Å²) in [5.41, 5.74) is 3.21. The maximum atomic E-state index is 14.0. The quantitative estimate of drug-likeness (QED) is 0.180. The van der Waals surface area contributed by atoms with Crippen LogP contribution in [0.15, 0.2) is 88.8 Å². The zero-order valence-corrected chi connectivity index (χ0v) is 25.6. The topological polar surface area (TPSA) is 104 Å². The second kappa shape index (κ2) is 13.4. The molecule has 0 saturated carbocycles. The average molecular weight is 609 g/mol. The Balaban J connectivity index is 1.57. The highest BCUT2D eigenvalue weighted by Gasteiger charge is 2.19. The molecule has 0 aliphatic rings. The van der Waals surface area contributed by atoms with Crippen molar-refractivity contribution in [3.05, 3.63) is 112 Å². The normalized spacial score (nSPS) is 11.3. The van der Waals surface area contributed by atoms with Crippen LogP contribution in [-0.2, 0) is 4.79 Å². The third-order valence-electron chi connectivity index (χ3n) is 7.23. The van der Waals surface area contributed by atoms with Crippen molar-refractivity contribution >= 4 is 28.7 Å². The standard InChI is InChI=1S/C35H33FN4O5/c1-21(2)25-18-26(22(3)17-31(25)44-5)34-39-28-14-8-6-12-24(28)35(42)40(34)37-19-23-11-10-16-30(43-4)33(23)45-20-32(41)38-29-15-9-7-13-27(29)36/h6-19,21H,20H2,1-5H3,(H,38,41). The number of anilines is 1. The van der Waals surface area contributed by atoms with Crippen molar-refractivity contribution in [2.75, 3.05) is 26.1 Å². The maximum Gasteiger partial charge on any atom is 0.282 e. The van der Waals surface area contributed by atoms with E-state index in [1.165, 1.54) is 36.2 Å². The van der Waals surface area contributed by atoms with Crippen LogP contribution < -0.4 is 25.1 Å². The maximum absolute atomic E-state index is 14.0. The average Bonchev–Trinajstić information content (AvgIpc) is 3.04. The highest BCUT2D eigenvalue weighted by atomic mass is 19.1. The number of halogens is 1. The second-order valence-electron chi connectivity index (χ2n) is 10.6. The first kappa shape index (κ1) is 30.9. The van der Waals surface area contributed by atoms with Gasteiger partial charge in [0.25, 0.3) is 11.5 Å². The Bertz CT molecular complexity index is 1970. The van der Waals surface area contributed by atoms with Gasteiger partial charge in [-0.3, -0.25) is 9.59 Å². The van der Waals surface area contributed by atoms with Crippen molar-refractivity contribution in [2.45, 2.75) is 26.7 Å². The molecule has 0 spiro atoms. The molecule has 1 N–H and O–H groups in total. The number of hydrogen-bond acceptors (Lipinski definition) is 7. The Hall–Kier alpha value is -5.51. The van der Waals surface area contributed by atoms with Crippen molar-refractivity contribution in [1.82, 2.24) is 9.66 Å². The minimum Gasteiger partial charge on any atom is -0.496 e. The summed E-state index contributed by atoms with van der Waals surface area (Å²) in [7, 11) is 3.10. The van der Waals surface area contributed by atoms with Gasteiger partial charge in [-0.25, -0.2) is 9.37 Å². The number of amides is 1. The number of carbonyl (C=O) groups is 1. The Kier molecular flexibility index (Phi) is 9.22. The van der Waals surface area contributed by atoms with Crippen LogP contribution in [0.4, 0.5) is 10.1 Å². The lowest BCUT2D eigenvalue weighted by atomic mass is 9.96. The number of ether oxygens (including phenoxy) is 3. The zero-order chi connectivity index (χ0) is 32.1. The molecular formula is C35H33FN4O5. The number of aryl methyl sites for hydroxylation is 1. The van der Waals surface area contributed by atoms with Crippen LogP contribution in [0.3, 0.4) is 0 Å². The summed E-state index contributed by atoms with van der Waals surface area (Å²) in [6.07, 6.45) is 1.45. The number of para-hydroxylation sites is 3. The minimum atomic E-state index is -0.568. The molecule has 0 fully saturated rings. The van der Waals surface area contributed by atoms with Crippen LogP contribution in [0.25, 0.3) is 22.3 Å². The summed E-state index contributed by atoms with van der Waals surface area (Å²) >= 11 is 0. The predicted octanol–water partition coefficient (Wildman–Crippen LogP) is 6.55. The highest BCUT2D eigenvalue weighted by molar-refractivity contribution is 5.92. The van der Waals surface area contributed by atoms with Crippen molar-refractivity contribution < 1.29 is 23.4 Å². The molecule has 1 amide bonds. The van der Waals surface area contributed by atoms with E-state index < -0.39 is 18.3 Å². The van der Waals surface area contributed by atoms with Gasteiger partial charge in [0, 0.05) is 11.1 Å². The molecule has 230 valence electrons. The lowest BCUT2D eigenvalue weighted by Crippen LogP contribution is -2.22. The first-order valence-electron chi connectivity index (χ1n) is 14.3. The van der Waals surface area contributed by atoms with Crippen LogP contribution in [-0.4, -0.2) is 42.6 Å². The van der Waals surface area contributed by atoms with E-state index in [-0.39, 0.29) is 22.9 Å². The minimum absolute atomic E-state index is 0.0399. The lowest BCUT2D eigenvalue weighted by molar-refractivity contribution is -0.118. The number of nitrogens with one attached hydrogen (secondary N) is 1. The van der Waals surface area contributed by atoms with Crippen molar-refractivity contribution in [3.63, 3.8) is 0 Å². The first-order valence-corrected chi connectivity index (χ1v) is 14.3. The molecule has 5 aromatic rings. The van der Waals surface area contributed by atoms with Gasteiger partial charge >= 0.3 is 0 Å². The fraction of sp³-hybridized carbons (Fsp3) is 0.200. The van der Waals surface area contributed by atoms with Crippen LogP contribution in [0, 0.1) is 12.7 Å². The number of methoxy groups -OCH3 is 2. The van der Waals surface area contributed by atoms with Gasteiger partial charge in [-0.2, -0.15) is 9.78 Å². The van der Waals surface area contributed by atoms with Gasteiger partial charge in [0.1, 0.15) is 11.6 Å². The van der Waals surface area contributed by atoms with Crippen LogP contribution in [0.1, 0.15) is 36.5 Å². The largest absolute Gasteiger partial charge is 0.496 e. The molecule has 1 heterocycles. The molecule has 5 rings (SSSR count). The molecule has 45 heavy (non-hydrogen) atoms. The van der Waals surface area contributed by atoms with Gasteiger partial charge in [0.15, 0.2) is 23.9 Å². The van der Waals surface area contributed by atoms with E-state index in [1.54, 1.807) is 49.6 Å². The first-order chi connectivity index (χ1) is 21.7. The van der Waals surface area contributed by atoms with E-state index >= 15 is 0 Å². The smallest absolute Gasteiger partial charge is 0.282 e. The van der Waals surface area contributed by atoms with E-state index in [0.717, 1.165) is 22.4 Å². The van der Waals surface area contributed by atoms with Crippen LogP contribution in [0.2, 0.25) is 0 Å². The number of aromatic nitrogens is 2. The van der Waals surface area contributed by atoms with Gasteiger partial charge < -0.3 is 19.5 Å². The SMILES string of the molecule is COc1cc(C)c(-c2nc3ccccc3c(=O)n2N=Cc2cccc(OC)c2OCC(=O)Nc2ccccc2F)cc1C(C)C. The molecule has 0 atom stereocenters. The lowest BCUT2D eigenvalue weighted by Gasteiger charge is -2.17. The highest BCUT2D eigenvalue weighted by Crippen LogP contribution is 2.34. The summed E-state index contributed by atoms with van der Waals surface area (Å²) in [5.74, 6) is 0.688. The van der Waals surface area contributed by atoms with Gasteiger partial charge in [0.05, 0.1) is 37.0 Å². The van der Waals surface area contributed by atoms with E-state index in [0.29, 0.717) is 28.0 Å². The number of benzene rings is 4. The molecule has 0 unspecified atom stereocenters. The summed E-state index contributed by atoms with van der Waals surface area (Å²) in [4.78, 5) is 31.3. The second-order valence-corrected chi connectivity index (χ2v) is 10.6. The molecule has 0 radical (unpaired) electrons. The van der Waals surface area contributed by atoms with E-state index in [2.05, 4.69) is 24.3 Å². The zero-order valence-electron chi connectivity index (χ0n) is 25.6. The number of hydrogen-bond donors (Lipinski definition) is 1. The summed E-state index contributed by atoms with van der Waals surface area (Å²) in [6.45, 7) is 5.63. The van der Waals surface area contributed by atoms with Crippen molar-refractivity contribution in [1.29, 1.82) is 0 Å². The van der Waals surface area contributed by atoms with Crippen molar-refractivity contribution in [2.24, 2.45) is 5.10 Å². The van der Waals surface area contributed by atoms with Gasteiger partial charge in [-0.15, -0.1) is 0 Å². The Labute approximate surface area is 259 Å². The third kappa shape index (κ3) is 6.54. The summed E-state index contributed by atoms with van der Waals surface area (Å²) in [5, 5.41) is 7.50. The summed E-state index contributed by atoms with van der Waals surface area (Å²) in [6, 6.07) is 22.0. The van der Waals surface area contributed by atoms with E-state index in [4.69, 9.17) is 19.2 Å². The van der Waals surface area contributed by atoms with Crippen LogP contribution in [0.5, 0.6) is 17.2 Å². The predicted molar refractivity (Wildman–Crippen MR) is 173 cm³/mol. The van der Waals surface area contributed by atoms with E-state index in [1.807, 2.05) is 25.1 Å². The number of rotatable bonds is 10. The molecule has 4 aromatic carbocycles. The van der Waals surface area contributed by atoms with Gasteiger partial charge in [-0.1, -0.05) is 44.2 Å². The Morgan fingerprint density at radius 1 is 1.00 bits per heavy atom. The Morgan fingerprint density at radius 2 is 1.73 bits per heavy atom. The van der Waals surface area contributed by atoms with Gasteiger partial charge in [-0.05, 0) is 72.5 Å². The number of fused-ring (bicyclic) bond motifs is 1. The van der Waals surface area contributed by atoms with Crippen molar-refractivity contribution in [3.8, 4) is 28.6 Å². The van der Waals surface area contributed by atoms with Crippen LogP contribution >= 0.6 is 0 Å². The molecule has 1 aromatic heterocycles. The molecular weight excluding hydrogens is 575 g/mol. The monoisotopic (exact) mass is 608 g/mol. The molecule has 10 heteroatoms. The fourth-order valence-electron chi connectivity index (χ4n) is 4.93. The fourth-order valence-corrected chi connectivity index (χ4v) is 4.93.